The van der Waals surface area contributed by atoms with Crippen LogP contribution in [0.2, 0.25) is 0 Å². The van der Waals surface area contributed by atoms with E-state index < -0.39 is 0 Å². The van der Waals surface area contributed by atoms with Crippen molar-refractivity contribution in [1.29, 1.82) is 0 Å². The third-order valence-electron chi connectivity index (χ3n) is 4.85. The van der Waals surface area contributed by atoms with Gasteiger partial charge >= 0.3 is 0 Å². The van der Waals surface area contributed by atoms with Crippen LogP contribution in [-0.2, 0) is 16.1 Å². The summed E-state index contributed by atoms with van der Waals surface area (Å²) in [6.07, 6.45) is 2.55. The standard InChI is InChI=1S/C19H27N3O2/c1-19(2,22-11-13-24-14-12-22)15-20-18(23)8-10-21-9-7-16-5-3-4-6-17(16)21/h3-7,9H,8,10-15H2,1-2H3,(H,20,23). The predicted molar refractivity (Wildman–Crippen MR) is 96.0 cm³/mol. The first-order valence-corrected chi connectivity index (χ1v) is 8.70. The van der Waals surface area contributed by atoms with Crippen molar-refractivity contribution in [3.8, 4) is 0 Å². The molecule has 3 rings (SSSR count). The van der Waals surface area contributed by atoms with Gasteiger partial charge < -0.3 is 14.6 Å². The Labute approximate surface area is 143 Å². The molecule has 1 aromatic carbocycles. The summed E-state index contributed by atoms with van der Waals surface area (Å²) in [4.78, 5) is 14.6. The second-order valence-electron chi connectivity index (χ2n) is 7.01. The third kappa shape index (κ3) is 3.97. The smallest absolute Gasteiger partial charge is 0.221 e. The van der Waals surface area contributed by atoms with Gasteiger partial charge in [-0.05, 0) is 31.4 Å². The van der Waals surface area contributed by atoms with Crippen molar-refractivity contribution in [2.45, 2.75) is 32.4 Å². The van der Waals surface area contributed by atoms with E-state index in [-0.39, 0.29) is 11.4 Å². The molecule has 2 aromatic rings. The van der Waals surface area contributed by atoms with Crippen LogP contribution in [0.1, 0.15) is 20.3 Å². The molecule has 1 saturated heterocycles. The highest BCUT2D eigenvalue weighted by Gasteiger charge is 2.28. The molecule has 5 heteroatoms. The highest BCUT2D eigenvalue weighted by Crippen LogP contribution is 2.16. The lowest BCUT2D eigenvalue weighted by Gasteiger charge is -2.40. The maximum atomic E-state index is 12.2. The minimum absolute atomic E-state index is 0.0421. The van der Waals surface area contributed by atoms with Gasteiger partial charge in [0.1, 0.15) is 0 Å². The molecule has 1 N–H and O–H groups in total. The first kappa shape index (κ1) is 17.0. The minimum Gasteiger partial charge on any atom is -0.379 e. The Morgan fingerprint density at radius 2 is 1.96 bits per heavy atom. The van der Waals surface area contributed by atoms with Crippen molar-refractivity contribution in [2.75, 3.05) is 32.8 Å². The van der Waals surface area contributed by atoms with E-state index in [9.17, 15) is 4.79 Å². The Morgan fingerprint density at radius 1 is 1.21 bits per heavy atom. The molecule has 0 aliphatic carbocycles. The summed E-state index contributed by atoms with van der Waals surface area (Å²) in [5.41, 5.74) is 1.14. The molecule has 1 aliphatic rings. The molecule has 0 spiro atoms. The first-order chi connectivity index (χ1) is 11.6. The second-order valence-corrected chi connectivity index (χ2v) is 7.01. The van der Waals surface area contributed by atoms with Gasteiger partial charge in [-0.2, -0.15) is 0 Å². The van der Waals surface area contributed by atoms with Gasteiger partial charge in [-0.15, -0.1) is 0 Å². The van der Waals surface area contributed by atoms with E-state index in [1.807, 2.05) is 12.1 Å². The van der Waals surface area contributed by atoms with Crippen LogP contribution in [0.5, 0.6) is 0 Å². The predicted octanol–water partition coefficient (Wildman–Crippen LogP) is 2.26. The van der Waals surface area contributed by atoms with E-state index in [0.717, 1.165) is 26.3 Å². The number of fused-ring (bicyclic) bond motifs is 1. The molecule has 0 atom stereocenters. The largest absolute Gasteiger partial charge is 0.379 e. The lowest BCUT2D eigenvalue weighted by molar-refractivity contribution is -0.122. The van der Waals surface area contributed by atoms with Crippen LogP contribution < -0.4 is 5.32 Å². The number of morpholine rings is 1. The van der Waals surface area contributed by atoms with Crippen LogP contribution in [0.15, 0.2) is 36.5 Å². The van der Waals surface area contributed by atoms with Crippen LogP contribution >= 0.6 is 0 Å². The second kappa shape index (κ2) is 7.36. The van der Waals surface area contributed by atoms with Gasteiger partial charge in [0.2, 0.25) is 5.91 Å². The fraction of sp³-hybridized carbons (Fsp3) is 0.526. The summed E-state index contributed by atoms with van der Waals surface area (Å²) in [5, 5.41) is 4.31. The number of ether oxygens (including phenoxy) is 1. The van der Waals surface area contributed by atoms with Gasteiger partial charge in [0.15, 0.2) is 0 Å². The summed E-state index contributed by atoms with van der Waals surface area (Å²) in [6.45, 7) is 9.14. The van der Waals surface area contributed by atoms with Crippen molar-refractivity contribution in [3.63, 3.8) is 0 Å². The van der Waals surface area contributed by atoms with Crippen molar-refractivity contribution < 1.29 is 9.53 Å². The fourth-order valence-electron chi connectivity index (χ4n) is 3.24. The van der Waals surface area contributed by atoms with Crippen molar-refractivity contribution in [1.82, 2.24) is 14.8 Å². The summed E-state index contributed by atoms with van der Waals surface area (Å²) in [5.74, 6) is 0.106. The molecule has 5 nitrogen and oxygen atoms in total. The van der Waals surface area contributed by atoms with Gasteiger partial charge in [-0.25, -0.2) is 0 Å². The molecule has 0 radical (unpaired) electrons. The Kier molecular flexibility index (Phi) is 5.21. The maximum absolute atomic E-state index is 12.2. The number of hydrogen-bond donors (Lipinski definition) is 1. The van der Waals surface area contributed by atoms with E-state index in [4.69, 9.17) is 4.74 Å². The van der Waals surface area contributed by atoms with Gasteiger partial charge in [-0.3, -0.25) is 9.69 Å². The molecular formula is C19H27N3O2. The SMILES string of the molecule is CC(C)(CNC(=O)CCn1ccc2ccccc21)N1CCOCC1. The molecule has 1 amide bonds. The number of nitrogens with zero attached hydrogens (tertiary/aromatic N) is 2. The van der Waals surface area contributed by atoms with Crippen LogP contribution in [0, 0.1) is 0 Å². The number of benzene rings is 1. The fourth-order valence-corrected chi connectivity index (χ4v) is 3.24. The number of hydrogen-bond acceptors (Lipinski definition) is 3. The Hall–Kier alpha value is -1.85. The number of carbonyl (C=O) groups excluding carboxylic acids is 1. The van der Waals surface area contributed by atoms with E-state index in [2.05, 4.69) is 53.0 Å². The van der Waals surface area contributed by atoms with Crippen LogP contribution in [0.3, 0.4) is 0 Å². The third-order valence-corrected chi connectivity index (χ3v) is 4.85. The highest BCUT2D eigenvalue weighted by molar-refractivity contribution is 5.80. The first-order valence-electron chi connectivity index (χ1n) is 8.70. The average molecular weight is 329 g/mol. The monoisotopic (exact) mass is 329 g/mol. The molecule has 1 aliphatic heterocycles. The van der Waals surface area contributed by atoms with Gasteiger partial charge in [0.05, 0.1) is 13.2 Å². The minimum atomic E-state index is -0.0421. The maximum Gasteiger partial charge on any atom is 0.221 e. The normalized spacial score (nSPS) is 16.4. The van der Waals surface area contributed by atoms with Crippen molar-refractivity contribution in [3.05, 3.63) is 36.5 Å². The molecule has 1 aromatic heterocycles. The summed E-state index contributed by atoms with van der Waals surface area (Å²) in [7, 11) is 0. The van der Waals surface area contributed by atoms with E-state index in [1.165, 1.54) is 10.9 Å². The Balaban J connectivity index is 1.49. The molecule has 0 bridgehead atoms. The zero-order valence-corrected chi connectivity index (χ0v) is 14.6. The number of aryl methyl sites for hydroxylation is 1. The van der Waals surface area contributed by atoms with E-state index >= 15 is 0 Å². The summed E-state index contributed by atoms with van der Waals surface area (Å²) < 4.78 is 7.54. The zero-order chi connectivity index (χ0) is 17.0. The number of para-hydroxylation sites is 1. The van der Waals surface area contributed by atoms with Gasteiger partial charge in [-0.1, -0.05) is 18.2 Å². The average Bonchev–Trinajstić information content (AvgIpc) is 3.02. The molecule has 2 heterocycles. The zero-order valence-electron chi connectivity index (χ0n) is 14.6. The van der Waals surface area contributed by atoms with Gasteiger partial charge in [0.25, 0.3) is 0 Å². The molecular weight excluding hydrogens is 302 g/mol. The quantitative estimate of drug-likeness (QED) is 0.884. The molecule has 130 valence electrons. The Morgan fingerprint density at radius 3 is 2.75 bits per heavy atom. The lowest BCUT2D eigenvalue weighted by Crippen LogP contribution is -2.55. The molecule has 24 heavy (non-hydrogen) atoms. The van der Waals surface area contributed by atoms with Crippen LogP contribution in [0.4, 0.5) is 0 Å². The number of amides is 1. The number of aromatic nitrogens is 1. The van der Waals surface area contributed by atoms with Crippen molar-refractivity contribution >= 4 is 16.8 Å². The molecule has 0 unspecified atom stereocenters. The number of carbonyl (C=O) groups is 1. The summed E-state index contributed by atoms with van der Waals surface area (Å²) >= 11 is 0. The van der Waals surface area contributed by atoms with E-state index in [0.29, 0.717) is 19.5 Å². The number of rotatable bonds is 6. The molecule has 0 saturated carbocycles. The summed E-state index contributed by atoms with van der Waals surface area (Å²) in [6, 6.07) is 10.3. The van der Waals surface area contributed by atoms with Crippen LogP contribution in [0.25, 0.3) is 10.9 Å². The van der Waals surface area contributed by atoms with Crippen molar-refractivity contribution in [2.24, 2.45) is 0 Å². The molecule has 1 fully saturated rings. The van der Waals surface area contributed by atoms with Gasteiger partial charge in [0, 0.05) is 49.9 Å². The Bertz CT molecular complexity index is 687. The van der Waals surface area contributed by atoms with Crippen LogP contribution in [-0.4, -0.2) is 53.8 Å². The lowest BCUT2D eigenvalue weighted by atomic mass is 10.0. The topological polar surface area (TPSA) is 46.5 Å². The van der Waals surface area contributed by atoms with E-state index in [1.54, 1.807) is 0 Å². The highest BCUT2D eigenvalue weighted by atomic mass is 16.5. The number of nitrogens with one attached hydrogen (secondary N) is 1.